The summed E-state index contributed by atoms with van der Waals surface area (Å²) in [5.41, 5.74) is -0.774. The molecule has 0 amide bonds. The molecule has 0 aliphatic rings. The predicted molar refractivity (Wildman–Crippen MR) is 191 cm³/mol. The van der Waals surface area contributed by atoms with Crippen molar-refractivity contribution in [2.24, 2.45) is 32.5 Å². The second-order valence-corrected chi connectivity index (χ2v) is 17.2. The van der Waals surface area contributed by atoms with E-state index in [1.165, 1.54) is 0 Å². The average Bonchev–Trinajstić information content (AvgIpc) is 3.01. The van der Waals surface area contributed by atoms with Gasteiger partial charge in [-0.2, -0.15) is 0 Å². The molecular weight excluding hydrogens is 584 g/mol. The van der Waals surface area contributed by atoms with Crippen LogP contribution in [-0.2, 0) is 18.9 Å². The van der Waals surface area contributed by atoms with Crippen LogP contribution in [0.25, 0.3) is 0 Å². The van der Waals surface area contributed by atoms with E-state index in [1.54, 1.807) is 0 Å². The van der Waals surface area contributed by atoms with Crippen LogP contribution in [0.15, 0.2) is 0 Å². The van der Waals surface area contributed by atoms with E-state index < -0.39 is 0 Å². The monoisotopic (exact) mass is 665 g/mol. The van der Waals surface area contributed by atoms with Gasteiger partial charge in [0.1, 0.15) is 0 Å². The van der Waals surface area contributed by atoms with Crippen LogP contribution in [-0.4, -0.2) is 99.7 Å². The summed E-state index contributed by atoms with van der Waals surface area (Å²) in [5.74, 6) is 0. The molecule has 0 saturated carbocycles. The van der Waals surface area contributed by atoms with Gasteiger partial charge in [0.25, 0.3) is 0 Å². The first-order valence-corrected chi connectivity index (χ1v) is 18.1. The van der Waals surface area contributed by atoms with Crippen LogP contribution in [0.1, 0.15) is 134 Å². The Bertz CT molecular complexity index is 693. The lowest BCUT2D eigenvalue weighted by molar-refractivity contribution is -0.0709. The molecule has 0 aliphatic heterocycles. The van der Waals surface area contributed by atoms with E-state index >= 15 is 0 Å². The highest BCUT2D eigenvalue weighted by Crippen LogP contribution is 2.32. The van der Waals surface area contributed by atoms with E-state index in [0.717, 1.165) is 51.4 Å². The molecule has 46 heavy (non-hydrogen) atoms. The van der Waals surface area contributed by atoms with Gasteiger partial charge < -0.3 is 39.4 Å². The normalized spacial score (nSPS) is 14.6. The van der Waals surface area contributed by atoms with Crippen molar-refractivity contribution in [2.75, 3.05) is 79.3 Å². The summed E-state index contributed by atoms with van der Waals surface area (Å²) in [5, 5.41) is 37.7. The predicted octanol–water partition coefficient (Wildman–Crippen LogP) is 7.29. The van der Waals surface area contributed by atoms with Gasteiger partial charge in [0.15, 0.2) is 0 Å². The third kappa shape index (κ3) is 22.3. The molecule has 0 bridgehead atoms. The molecule has 0 fully saturated rings. The zero-order chi connectivity index (χ0) is 36.0. The Balaban J connectivity index is 0. The molecule has 0 heterocycles. The molecular formula is C38H80O8. The second-order valence-electron chi connectivity index (χ2n) is 17.2. The second kappa shape index (κ2) is 23.9. The maximum atomic E-state index is 9.76. The fourth-order valence-electron chi connectivity index (χ4n) is 4.67. The van der Waals surface area contributed by atoms with Crippen molar-refractivity contribution in [1.82, 2.24) is 0 Å². The van der Waals surface area contributed by atoms with Crippen LogP contribution in [0.2, 0.25) is 0 Å². The summed E-state index contributed by atoms with van der Waals surface area (Å²) < 4.78 is 23.7. The van der Waals surface area contributed by atoms with Crippen molar-refractivity contribution in [3.05, 3.63) is 0 Å². The minimum Gasteiger partial charge on any atom is -0.396 e. The van der Waals surface area contributed by atoms with Gasteiger partial charge in [-0.3, -0.25) is 0 Å². The maximum absolute atomic E-state index is 9.76. The van der Waals surface area contributed by atoms with E-state index in [0.29, 0.717) is 52.9 Å². The molecule has 0 spiro atoms. The van der Waals surface area contributed by atoms with Gasteiger partial charge in [0, 0.05) is 32.5 Å². The SMILES string of the molecule is CCCCC(CC)(CO)COCC(C)(C)COCC(C)(C)CO.CCCCC(CC)(COCC(C)(C)CO)COCC(C)(C)CO. The molecule has 0 saturated heterocycles. The van der Waals surface area contributed by atoms with Gasteiger partial charge in [-0.05, 0) is 25.7 Å². The summed E-state index contributed by atoms with van der Waals surface area (Å²) in [4.78, 5) is 0. The third-order valence-corrected chi connectivity index (χ3v) is 8.93. The quantitative estimate of drug-likeness (QED) is 0.0689. The van der Waals surface area contributed by atoms with Gasteiger partial charge in [-0.25, -0.2) is 0 Å². The highest BCUT2D eigenvalue weighted by Gasteiger charge is 2.31. The number of aliphatic hydroxyl groups is 4. The molecule has 0 aromatic carbocycles. The van der Waals surface area contributed by atoms with Gasteiger partial charge in [0.2, 0.25) is 0 Å². The minimum absolute atomic E-state index is 0.0209. The Morgan fingerprint density at radius 3 is 0.935 bits per heavy atom. The van der Waals surface area contributed by atoms with Crippen LogP contribution < -0.4 is 0 Å². The van der Waals surface area contributed by atoms with Crippen molar-refractivity contribution >= 4 is 0 Å². The highest BCUT2D eigenvalue weighted by atomic mass is 16.5. The zero-order valence-corrected chi connectivity index (χ0v) is 32.6. The average molecular weight is 665 g/mol. The first-order chi connectivity index (χ1) is 21.3. The summed E-state index contributed by atoms with van der Waals surface area (Å²) in [6.07, 6.45) is 8.62. The fraction of sp³-hybridized carbons (Fsp3) is 1.00. The smallest absolute Gasteiger partial charge is 0.0544 e. The fourth-order valence-corrected chi connectivity index (χ4v) is 4.67. The van der Waals surface area contributed by atoms with Gasteiger partial charge >= 0.3 is 0 Å². The lowest BCUT2D eigenvalue weighted by Crippen LogP contribution is -2.36. The maximum Gasteiger partial charge on any atom is 0.0544 e. The third-order valence-electron chi connectivity index (χ3n) is 8.93. The van der Waals surface area contributed by atoms with Crippen molar-refractivity contribution in [2.45, 2.75) is 134 Å². The number of ether oxygens (including phenoxy) is 4. The van der Waals surface area contributed by atoms with E-state index in [-0.39, 0.29) is 58.9 Å². The Labute approximate surface area is 285 Å². The summed E-state index contributed by atoms with van der Waals surface area (Å²) >= 11 is 0. The molecule has 0 aromatic rings. The number of aliphatic hydroxyl groups excluding tert-OH is 4. The van der Waals surface area contributed by atoms with E-state index in [4.69, 9.17) is 18.9 Å². The molecule has 8 heteroatoms. The summed E-state index contributed by atoms with van der Waals surface area (Å²) in [7, 11) is 0. The highest BCUT2D eigenvalue weighted by molar-refractivity contribution is 4.80. The summed E-state index contributed by atoms with van der Waals surface area (Å²) in [6, 6.07) is 0. The number of hydrogen-bond acceptors (Lipinski definition) is 8. The Morgan fingerprint density at radius 1 is 0.370 bits per heavy atom. The molecule has 8 nitrogen and oxygen atoms in total. The minimum atomic E-state index is -0.204. The largest absolute Gasteiger partial charge is 0.396 e. The first kappa shape index (κ1) is 47.8. The molecule has 1 unspecified atom stereocenters. The Kier molecular flexibility index (Phi) is 24.9. The van der Waals surface area contributed by atoms with Gasteiger partial charge in [-0.1, -0.05) is 109 Å². The van der Waals surface area contributed by atoms with Gasteiger partial charge in [-0.15, -0.1) is 0 Å². The lowest BCUT2D eigenvalue weighted by Gasteiger charge is -2.35. The Morgan fingerprint density at radius 2 is 0.652 bits per heavy atom. The van der Waals surface area contributed by atoms with Gasteiger partial charge in [0.05, 0.1) is 79.3 Å². The molecule has 0 rings (SSSR count). The topological polar surface area (TPSA) is 118 Å². The number of rotatable bonds is 28. The number of hydrogen-bond donors (Lipinski definition) is 4. The van der Waals surface area contributed by atoms with Crippen molar-refractivity contribution in [1.29, 1.82) is 0 Å². The molecule has 1 atom stereocenters. The van der Waals surface area contributed by atoms with E-state index in [2.05, 4.69) is 41.5 Å². The van der Waals surface area contributed by atoms with E-state index in [9.17, 15) is 20.4 Å². The van der Waals surface area contributed by atoms with Crippen LogP contribution >= 0.6 is 0 Å². The molecule has 4 N–H and O–H groups in total. The lowest BCUT2D eigenvalue weighted by atomic mass is 9.81. The van der Waals surface area contributed by atoms with Crippen molar-refractivity contribution in [3.63, 3.8) is 0 Å². The molecule has 0 aliphatic carbocycles. The van der Waals surface area contributed by atoms with Crippen LogP contribution in [0, 0.1) is 32.5 Å². The molecule has 0 radical (unpaired) electrons. The van der Waals surface area contributed by atoms with Crippen molar-refractivity contribution in [3.8, 4) is 0 Å². The zero-order valence-electron chi connectivity index (χ0n) is 32.6. The molecule has 280 valence electrons. The Hall–Kier alpha value is -0.320. The first-order valence-electron chi connectivity index (χ1n) is 18.1. The van der Waals surface area contributed by atoms with Crippen molar-refractivity contribution < 1.29 is 39.4 Å². The van der Waals surface area contributed by atoms with E-state index in [1.807, 2.05) is 41.5 Å². The summed E-state index contributed by atoms with van der Waals surface area (Å²) in [6.45, 7) is 30.3. The van der Waals surface area contributed by atoms with Crippen LogP contribution in [0.5, 0.6) is 0 Å². The van der Waals surface area contributed by atoms with Crippen LogP contribution in [0.4, 0.5) is 0 Å². The standard InChI is InChI=1S/2C19H40O4/c1-7-9-10-19(8-2,12-21)16-23-15-18(5,6)14-22-13-17(3,4)11-20;1-7-9-10-19(8-2,15-22-13-17(3,4)11-20)16-23-14-18(5,6)12-21/h2*20-21H,7-16H2,1-6H3. The van der Waals surface area contributed by atoms with Crippen LogP contribution in [0.3, 0.4) is 0 Å². The number of unbranched alkanes of at least 4 members (excludes halogenated alkanes) is 2. The molecule has 0 aromatic heterocycles.